The summed E-state index contributed by atoms with van der Waals surface area (Å²) in [6.07, 6.45) is 2.83. The number of hydrogen-bond donors (Lipinski definition) is 2. The highest BCUT2D eigenvalue weighted by Gasteiger charge is 2.15. The van der Waals surface area contributed by atoms with Gasteiger partial charge in [-0.3, -0.25) is 19.7 Å². The summed E-state index contributed by atoms with van der Waals surface area (Å²) in [7, 11) is 0. The molecule has 0 aromatic heterocycles. The summed E-state index contributed by atoms with van der Waals surface area (Å²) in [5.41, 5.74) is 3.71. The highest BCUT2D eigenvalue weighted by atomic mass is 16.6. The van der Waals surface area contributed by atoms with Gasteiger partial charge in [0.15, 0.2) is 11.5 Å². The Bertz CT molecular complexity index is 1300. The maximum Gasteiger partial charge on any atom is 0.287 e. The van der Waals surface area contributed by atoms with Gasteiger partial charge in [-0.25, -0.2) is 5.43 Å². The first-order chi connectivity index (χ1) is 17.0. The van der Waals surface area contributed by atoms with Crippen molar-refractivity contribution in [1.82, 2.24) is 10.7 Å². The van der Waals surface area contributed by atoms with Gasteiger partial charge in [-0.1, -0.05) is 18.2 Å². The van der Waals surface area contributed by atoms with E-state index in [9.17, 15) is 19.7 Å². The Morgan fingerprint density at radius 1 is 0.914 bits per heavy atom. The van der Waals surface area contributed by atoms with Crippen LogP contribution in [0.4, 0.5) is 5.69 Å². The van der Waals surface area contributed by atoms with E-state index in [4.69, 9.17) is 9.47 Å². The van der Waals surface area contributed by atoms with E-state index in [1.165, 1.54) is 36.6 Å². The van der Waals surface area contributed by atoms with Crippen LogP contribution < -0.4 is 20.2 Å². The fourth-order valence-electron chi connectivity index (χ4n) is 3.17. The molecule has 4 rings (SSSR count). The Labute approximate surface area is 200 Å². The van der Waals surface area contributed by atoms with Gasteiger partial charge in [0.25, 0.3) is 17.5 Å². The van der Waals surface area contributed by atoms with Crippen LogP contribution in [0, 0.1) is 10.1 Å². The van der Waals surface area contributed by atoms with Crippen LogP contribution in [0.3, 0.4) is 0 Å². The monoisotopic (exact) mass is 472 g/mol. The fraction of sp³-hybridized carbons (Fsp3) is 0.0800. The highest BCUT2D eigenvalue weighted by molar-refractivity contribution is 6.05. The largest absolute Gasteiger partial charge is 0.486 e. The summed E-state index contributed by atoms with van der Waals surface area (Å²) in [5, 5.41) is 17.4. The van der Waals surface area contributed by atoms with Gasteiger partial charge >= 0.3 is 0 Å². The first-order valence-electron chi connectivity index (χ1n) is 10.6. The minimum absolute atomic E-state index is 0.0907. The number of amides is 2. The molecule has 2 N–H and O–H groups in total. The summed E-state index contributed by atoms with van der Waals surface area (Å²) >= 11 is 0. The molecule has 1 aliphatic rings. The third kappa shape index (κ3) is 6.08. The van der Waals surface area contributed by atoms with E-state index in [1.807, 2.05) is 0 Å². The molecule has 35 heavy (non-hydrogen) atoms. The SMILES string of the molecule is O=C(NN=Cc1ccc2c(c1)OCCO2)C(=Cc1ccc([N+](=O)[O-])cc1)NC(=O)c1ccccc1. The van der Waals surface area contributed by atoms with Crippen LogP contribution in [0.15, 0.2) is 83.6 Å². The Balaban J connectivity index is 1.52. The molecule has 3 aromatic carbocycles. The number of nitro groups is 1. The molecule has 0 radical (unpaired) electrons. The smallest absolute Gasteiger partial charge is 0.287 e. The zero-order valence-electron chi connectivity index (χ0n) is 18.3. The highest BCUT2D eigenvalue weighted by Crippen LogP contribution is 2.30. The molecule has 0 spiro atoms. The van der Waals surface area contributed by atoms with Crippen LogP contribution in [0.5, 0.6) is 11.5 Å². The normalized spacial score (nSPS) is 12.7. The Morgan fingerprint density at radius 3 is 2.31 bits per heavy atom. The summed E-state index contributed by atoms with van der Waals surface area (Å²) in [6, 6.07) is 19.2. The van der Waals surface area contributed by atoms with Gasteiger partial charge in [-0.05, 0) is 59.7 Å². The molecular weight excluding hydrogens is 452 g/mol. The Morgan fingerprint density at radius 2 is 1.60 bits per heavy atom. The van der Waals surface area contributed by atoms with Crippen molar-refractivity contribution in [1.29, 1.82) is 0 Å². The second-order valence-corrected chi connectivity index (χ2v) is 7.33. The van der Waals surface area contributed by atoms with Crippen molar-refractivity contribution < 1.29 is 24.0 Å². The lowest BCUT2D eigenvalue weighted by Gasteiger charge is -2.18. The number of hydrazone groups is 1. The number of nitrogens with zero attached hydrogens (tertiary/aromatic N) is 2. The van der Waals surface area contributed by atoms with Crippen molar-refractivity contribution in [3.8, 4) is 11.5 Å². The quantitative estimate of drug-likeness (QED) is 0.235. The van der Waals surface area contributed by atoms with E-state index in [2.05, 4.69) is 15.8 Å². The van der Waals surface area contributed by atoms with E-state index in [0.29, 0.717) is 41.4 Å². The minimum Gasteiger partial charge on any atom is -0.486 e. The topological polar surface area (TPSA) is 132 Å². The number of carbonyl (C=O) groups excluding carboxylic acids is 2. The van der Waals surface area contributed by atoms with Crippen molar-refractivity contribution in [2.24, 2.45) is 5.10 Å². The number of hydrogen-bond acceptors (Lipinski definition) is 7. The van der Waals surface area contributed by atoms with Crippen LogP contribution in [0.2, 0.25) is 0 Å². The number of nitrogens with one attached hydrogen (secondary N) is 2. The number of benzene rings is 3. The standard InChI is InChI=1S/C25H20N4O6/c30-24(19-4-2-1-3-5-19)27-21(14-17-6-9-20(10-7-17)29(32)33)25(31)28-26-16-18-8-11-22-23(15-18)35-13-12-34-22/h1-11,14-16H,12-13H2,(H,27,30)(H,28,31). The molecule has 0 saturated heterocycles. The molecule has 2 amide bonds. The minimum atomic E-state index is -0.679. The van der Waals surface area contributed by atoms with E-state index in [-0.39, 0.29) is 11.4 Å². The molecule has 0 fully saturated rings. The second-order valence-electron chi connectivity index (χ2n) is 7.33. The molecule has 0 atom stereocenters. The molecule has 10 nitrogen and oxygen atoms in total. The van der Waals surface area contributed by atoms with Gasteiger partial charge in [0.2, 0.25) is 0 Å². The Hall–Kier alpha value is -4.99. The third-order valence-corrected chi connectivity index (χ3v) is 4.89. The molecule has 1 heterocycles. The van der Waals surface area contributed by atoms with Crippen LogP contribution in [-0.4, -0.2) is 36.2 Å². The van der Waals surface area contributed by atoms with Gasteiger partial charge in [-0.15, -0.1) is 0 Å². The van der Waals surface area contributed by atoms with Crippen molar-refractivity contribution in [3.63, 3.8) is 0 Å². The second kappa shape index (κ2) is 10.8. The van der Waals surface area contributed by atoms with Crippen LogP contribution in [0.25, 0.3) is 6.08 Å². The molecule has 1 aliphatic heterocycles. The van der Waals surface area contributed by atoms with Crippen LogP contribution in [-0.2, 0) is 4.79 Å². The predicted molar refractivity (Wildman–Crippen MR) is 128 cm³/mol. The fourth-order valence-corrected chi connectivity index (χ4v) is 3.17. The Kier molecular flexibility index (Phi) is 7.12. The van der Waals surface area contributed by atoms with Crippen molar-refractivity contribution in [3.05, 3.63) is 105 Å². The van der Waals surface area contributed by atoms with Crippen molar-refractivity contribution in [2.75, 3.05) is 13.2 Å². The molecule has 176 valence electrons. The number of non-ortho nitro benzene ring substituents is 1. The number of ether oxygens (including phenoxy) is 2. The molecule has 10 heteroatoms. The average Bonchev–Trinajstić information content (AvgIpc) is 2.89. The molecule has 0 saturated carbocycles. The van der Waals surface area contributed by atoms with Crippen LogP contribution >= 0.6 is 0 Å². The van der Waals surface area contributed by atoms with Gasteiger partial charge < -0.3 is 14.8 Å². The van der Waals surface area contributed by atoms with Crippen molar-refractivity contribution >= 4 is 29.8 Å². The van der Waals surface area contributed by atoms with Crippen molar-refractivity contribution in [2.45, 2.75) is 0 Å². The zero-order valence-corrected chi connectivity index (χ0v) is 18.3. The van der Waals surface area contributed by atoms with Gasteiger partial charge in [0, 0.05) is 17.7 Å². The maximum absolute atomic E-state index is 12.9. The molecular formula is C25H20N4O6. The number of fused-ring (bicyclic) bond motifs is 1. The van der Waals surface area contributed by atoms with E-state index >= 15 is 0 Å². The van der Waals surface area contributed by atoms with Gasteiger partial charge in [0.1, 0.15) is 18.9 Å². The molecule has 0 aliphatic carbocycles. The first-order valence-corrected chi connectivity index (χ1v) is 10.6. The first kappa shape index (κ1) is 23.2. The lowest BCUT2D eigenvalue weighted by Crippen LogP contribution is -2.32. The summed E-state index contributed by atoms with van der Waals surface area (Å²) < 4.78 is 11.0. The van der Waals surface area contributed by atoms with E-state index < -0.39 is 16.7 Å². The number of carbonyl (C=O) groups is 2. The molecule has 0 bridgehead atoms. The van der Waals surface area contributed by atoms with Gasteiger partial charge in [-0.2, -0.15) is 5.10 Å². The van der Waals surface area contributed by atoms with Gasteiger partial charge in [0.05, 0.1) is 11.1 Å². The predicted octanol–water partition coefficient (Wildman–Crippen LogP) is 3.29. The lowest BCUT2D eigenvalue weighted by atomic mass is 10.1. The number of nitro benzene ring substituents is 1. The maximum atomic E-state index is 12.9. The van der Waals surface area contributed by atoms with E-state index in [1.54, 1.807) is 48.5 Å². The zero-order chi connectivity index (χ0) is 24.6. The lowest BCUT2D eigenvalue weighted by molar-refractivity contribution is -0.384. The van der Waals surface area contributed by atoms with Crippen LogP contribution in [0.1, 0.15) is 21.5 Å². The average molecular weight is 472 g/mol. The molecule has 0 unspecified atom stereocenters. The summed E-state index contributed by atoms with van der Waals surface area (Å²) in [6.45, 7) is 0.928. The summed E-state index contributed by atoms with van der Waals surface area (Å²) in [4.78, 5) is 35.9. The summed E-state index contributed by atoms with van der Waals surface area (Å²) in [5.74, 6) is 0.0425. The molecule has 3 aromatic rings. The third-order valence-electron chi connectivity index (χ3n) is 4.89. The van der Waals surface area contributed by atoms with E-state index in [0.717, 1.165) is 0 Å². The number of rotatable bonds is 7.